The molecule has 5 N–H and O–H groups in total. The predicted octanol–water partition coefficient (Wildman–Crippen LogP) is 5.54. The molecule has 6 rings (SSSR count). The number of halogens is 4. The van der Waals surface area contributed by atoms with Crippen molar-refractivity contribution < 1.29 is 36.9 Å². The Hall–Kier alpha value is -6.30. The van der Waals surface area contributed by atoms with Crippen LogP contribution in [0.5, 0.6) is 23.3 Å². The van der Waals surface area contributed by atoms with Crippen molar-refractivity contribution in [2.24, 2.45) is 4.99 Å². The Morgan fingerprint density at radius 1 is 1.12 bits per heavy atom. The molecule has 0 saturated heterocycles. The first-order chi connectivity index (χ1) is 23.8. The fourth-order valence-electron chi connectivity index (χ4n) is 4.95. The Bertz CT molecular complexity index is 2430. The van der Waals surface area contributed by atoms with Crippen molar-refractivity contribution >= 4 is 45.2 Å². The van der Waals surface area contributed by atoms with E-state index < -0.39 is 51.7 Å². The molecule has 4 aromatic heterocycles. The summed E-state index contributed by atoms with van der Waals surface area (Å²) in [5.41, 5.74) is 7.15. The second-order valence-corrected chi connectivity index (χ2v) is 11.6. The number of nitrogens with two attached hydrogens (primary N) is 1. The molecule has 0 fully saturated rings. The van der Waals surface area contributed by atoms with Crippen molar-refractivity contribution in [1.82, 2.24) is 24.7 Å². The zero-order valence-electron chi connectivity index (χ0n) is 25.8. The van der Waals surface area contributed by atoms with Crippen LogP contribution in [0.4, 0.5) is 29.1 Å². The number of H-pyrrole nitrogens is 2. The molecular weight excluding hydrogens is 686 g/mol. The van der Waals surface area contributed by atoms with Crippen LogP contribution in [0.3, 0.4) is 0 Å². The van der Waals surface area contributed by atoms with E-state index in [-0.39, 0.29) is 45.7 Å². The molecular formula is C32H23F4N7O6S. The molecule has 2 aromatic carbocycles. The number of aromatic amines is 2. The van der Waals surface area contributed by atoms with E-state index in [9.17, 15) is 37.1 Å². The first kappa shape index (κ1) is 33.6. The highest BCUT2D eigenvalue weighted by Gasteiger charge is 2.22. The number of ketones is 1. The van der Waals surface area contributed by atoms with Gasteiger partial charge in [0.2, 0.25) is 23.3 Å². The number of nitrogens with one attached hydrogen (secondary N) is 2. The fraction of sp³-hybridized carbons (Fsp3) is 0.125. The standard InChI is InChI=1S/C32H23F4N7O6S/c1-13-6-25(49-28-17(33)4-3-5-18(28)34)38-11-22(13)43-29(37)16(10-39-43)27(44)21-7-15-8-23(48-12-24(35)36)20(9-19(15)41-21)40-14(2)26-30(45)42-32(47)50-31(26)46/h3-11,24,41,45H,12,37H2,1-2H3,(H,42,47). The van der Waals surface area contributed by atoms with Gasteiger partial charge < -0.3 is 25.3 Å². The maximum atomic E-state index is 14.0. The van der Waals surface area contributed by atoms with Gasteiger partial charge in [0.05, 0.1) is 35.1 Å². The van der Waals surface area contributed by atoms with E-state index in [1.165, 1.54) is 54.3 Å². The van der Waals surface area contributed by atoms with E-state index in [0.29, 0.717) is 33.5 Å². The van der Waals surface area contributed by atoms with Crippen LogP contribution >= 0.6 is 11.3 Å². The van der Waals surface area contributed by atoms with Crippen molar-refractivity contribution in [2.45, 2.75) is 20.3 Å². The minimum Gasteiger partial charge on any atom is -0.494 e. The minimum atomic E-state index is -2.83. The highest BCUT2D eigenvalue weighted by molar-refractivity contribution is 7.06. The minimum absolute atomic E-state index is 0.00857. The molecule has 0 amide bonds. The molecule has 0 atom stereocenters. The van der Waals surface area contributed by atoms with Crippen LogP contribution in [-0.2, 0) is 0 Å². The van der Waals surface area contributed by atoms with E-state index in [2.05, 4.69) is 25.0 Å². The Balaban J connectivity index is 1.32. The lowest BCUT2D eigenvalue weighted by molar-refractivity contribution is 0.0822. The summed E-state index contributed by atoms with van der Waals surface area (Å²) in [6, 6.07) is 8.88. The number of pyridine rings is 1. The summed E-state index contributed by atoms with van der Waals surface area (Å²) in [6.07, 6.45) is -0.295. The van der Waals surface area contributed by atoms with E-state index in [1.807, 2.05) is 0 Å². The zero-order valence-corrected chi connectivity index (χ0v) is 26.6. The lowest BCUT2D eigenvalue weighted by Crippen LogP contribution is -2.17. The normalized spacial score (nSPS) is 11.8. The maximum absolute atomic E-state index is 14.0. The molecule has 50 heavy (non-hydrogen) atoms. The summed E-state index contributed by atoms with van der Waals surface area (Å²) in [7, 11) is 0. The number of para-hydroxylation sites is 1. The van der Waals surface area contributed by atoms with Gasteiger partial charge in [-0.3, -0.25) is 19.4 Å². The average Bonchev–Trinajstić information content (AvgIpc) is 3.64. The molecule has 256 valence electrons. The number of carbonyl (C=O) groups is 1. The van der Waals surface area contributed by atoms with Crippen LogP contribution in [-0.4, -0.2) is 54.4 Å². The van der Waals surface area contributed by atoms with Gasteiger partial charge in [0.1, 0.15) is 29.4 Å². The molecule has 18 heteroatoms. The smallest absolute Gasteiger partial charge is 0.310 e. The molecule has 0 aliphatic heterocycles. The molecule has 0 aliphatic rings. The summed E-state index contributed by atoms with van der Waals surface area (Å²) in [5, 5.41) is 14.7. The monoisotopic (exact) mass is 709 g/mol. The number of rotatable bonds is 10. The molecule has 0 radical (unpaired) electrons. The molecule has 0 aliphatic carbocycles. The number of carbonyl (C=O) groups excluding carboxylic acids is 1. The summed E-state index contributed by atoms with van der Waals surface area (Å²) in [5.74, 6) is -4.03. The van der Waals surface area contributed by atoms with Crippen LogP contribution in [0.1, 0.15) is 34.1 Å². The molecule has 13 nitrogen and oxygen atoms in total. The lowest BCUT2D eigenvalue weighted by atomic mass is 10.1. The van der Waals surface area contributed by atoms with Gasteiger partial charge in [0, 0.05) is 17.0 Å². The Morgan fingerprint density at radius 3 is 2.54 bits per heavy atom. The van der Waals surface area contributed by atoms with Crippen molar-refractivity contribution in [1.29, 1.82) is 0 Å². The fourth-order valence-corrected chi connectivity index (χ4v) is 5.62. The number of aromatic nitrogens is 5. The quantitative estimate of drug-likeness (QED) is 0.0804. The molecule has 0 saturated carbocycles. The highest BCUT2D eigenvalue weighted by Crippen LogP contribution is 2.35. The van der Waals surface area contributed by atoms with Gasteiger partial charge in [-0.2, -0.15) is 5.10 Å². The second-order valence-electron chi connectivity index (χ2n) is 10.7. The number of fused-ring (bicyclic) bond motifs is 1. The number of nitrogens with zero attached hydrogens (tertiary/aromatic N) is 4. The maximum Gasteiger partial charge on any atom is 0.310 e. The second kappa shape index (κ2) is 13.3. The van der Waals surface area contributed by atoms with E-state index in [1.54, 1.807) is 6.92 Å². The van der Waals surface area contributed by atoms with Gasteiger partial charge >= 0.3 is 4.87 Å². The number of ether oxygens (including phenoxy) is 2. The third-order valence-corrected chi connectivity index (χ3v) is 7.95. The Labute approximate surface area is 281 Å². The van der Waals surface area contributed by atoms with Crippen LogP contribution in [0.2, 0.25) is 0 Å². The van der Waals surface area contributed by atoms with E-state index in [0.717, 1.165) is 12.1 Å². The number of hydrogen-bond donors (Lipinski definition) is 4. The number of alkyl halides is 2. The topological polar surface area (TPSA) is 191 Å². The van der Waals surface area contributed by atoms with E-state index in [4.69, 9.17) is 15.2 Å². The summed E-state index contributed by atoms with van der Waals surface area (Å²) in [4.78, 5) is 50.2. The number of anilines is 1. The Kier molecular flexibility index (Phi) is 8.94. The molecule has 0 unspecified atom stereocenters. The summed E-state index contributed by atoms with van der Waals surface area (Å²) in [6.45, 7) is 2.03. The third-order valence-electron chi connectivity index (χ3n) is 7.27. The molecule has 4 heterocycles. The van der Waals surface area contributed by atoms with Gasteiger partial charge in [-0.15, -0.1) is 0 Å². The highest BCUT2D eigenvalue weighted by atomic mass is 32.1. The number of benzene rings is 2. The first-order valence-electron chi connectivity index (χ1n) is 14.4. The van der Waals surface area contributed by atoms with Gasteiger partial charge in [0.15, 0.2) is 11.6 Å². The zero-order chi connectivity index (χ0) is 35.9. The average molecular weight is 710 g/mol. The van der Waals surface area contributed by atoms with Gasteiger partial charge in [-0.05, 0) is 61.1 Å². The van der Waals surface area contributed by atoms with Crippen LogP contribution in [0, 0.1) is 18.6 Å². The van der Waals surface area contributed by atoms with Crippen molar-refractivity contribution in [2.75, 3.05) is 12.3 Å². The number of hydrogen-bond acceptors (Lipinski definition) is 11. The largest absolute Gasteiger partial charge is 0.494 e. The van der Waals surface area contributed by atoms with Crippen LogP contribution < -0.4 is 24.8 Å². The predicted molar refractivity (Wildman–Crippen MR) is 175 cm³/mol. The van der Waals surface area contributed by atoms with Gasteiger partial charge in [-0.25, -0.2) is 32.2 Å². The first-order valence-corrected chi connectivity index (χ1v) is 15.2. The molecule has 0 bridgehead atoms. The lowest BCUT2D eigenvalue weighted by Gasteiger charge is -2.11. The molecule has 6 aromatic rings. The number of nitrogen functional groups attached to an aromatic ring is 1. The Morgan fingerprint density at radius 2 is 1.86 bits per heavy atom. The van der Waals surface area contributed by atoms with Crippen LogP contribution in [0.25, 0.3) is 16.6 Å². The SMILES string of the molecule is CC(=Nc1cc2[nH]c(C(=O)c3cnn(-c4cnc(Oc5c(F)cccc5F)cc4C)c3N)cc2cc1OCC(F)F)c1c(O)[nH]c(=O)sc1=O. The van der Waals surface area contributed by atoms with Gasteiger partial charge in [0.25, 0.3) is 11.2 Å². The molecule has 0 spiro atoms. The number of aliphatic imine (C=N–C) groups is 1. The van der Waals surface area contributed by atoms with Crippen LogP contribution in [0.15, 0.2) is 69.4 Å². The summed E-state index contributed by atoms with van der Waals surface area (Å²) >= 11 is 0.308. The number of aryl methyl sites for hydroxylation is 1. The number of aromatic hydroxyl groups is 1. The van der Waals surface area contributed by atoms with Crippen molar-refractivity contribution in [3.63, 3.8) is 0 Å². The van der Waals surface area contributed by atoms with Gasteiger partial charge in [-0.1, -0.05) is 6.07 Å². The van der Waals surface area contributed by atoms with Crippen molar-refractivity contribution in [3.8, 4) is 28.9 Å². The third kappa shape index (κ3) is 6.55. The summed E-state index contributed by atoms with van der Waals surface area (Å²) < 4.78 is 65.3. The van der Waals surface area contributed by atoms with E-state index >= 15 is 0 Å². The van der Waals surface area contributed by atoms with Crippen molar-refractivity contribution in [3.05, 3.63) is 108 Å².